The van der Waals surface area contributed by atoms with Gasteiger partial charge in [-0.3, -0.25) is 0 Å². The van der Waals surface area contributed by atoms with Crippen molar-refractivity contribution in [3.63, 3.8) is 0 Å². The summed E-state index contributed by atoms with van der Waals surface area (Å²) in [6, 6.07) is 10.6. The Hall–Kier alpha value is -1.02. The standard InChI is InChI=1S/C19H32N2/c1-4-6-7-17-8-10-19(11-9-17)21-14-12-16(3)20-18(5-2)13-15-21/h8-11,16,18,20H,4-7,12-15H2,1-3H3. The van der Waals surface area contributed by atoms with Crippen molar-refractivity contribution < 1.29 is 0 Å². The van der Waals surface area contributed by atoms with Gasteiger partial charge >= 0.3 is 0 Å². The molecule has 2 atom stereocenters. The van der Waals surface area contributed by atoms with Crippen LogP contribution in [0.1, 0.15) is 58.4 Å². The lowest BCUT2D eigenvalue weighted by Gasteiger charge is -2.33. The maximum atomic E-state index is 3.75. The Morgan fingerprint density at radius 2 is 1.81 bits per heavy atom. The zero-order chi connectivity index (χ0) is 15.1. The predicted molar refractivity (Wildman–Crippen MR) is 93.2 cm³/mol. The summed E-state index contributed by atoms with van der Waals surface area (Å²) < 4.78 is 0. The molecule has 2 nitrogen and oxygen atoms in total. The molecule has 0 aromatic heterocycles. The summed E-state index contributed by atoms with van der Waals surface area (Å²) in [6.07, 6.45) is 7.50. The van der Waals surface area contributed by atoms with Gasteiger partial charge in [-0.2, -0.15) is 0 Å². The molecule has 2 unspecified atom stereocenters. The number of nitrogens with one attached hydrogen (secondary N) is 1. The van der Waals surface area contributed by atoms with Crippen LogP contribution in [0.5, 0.6) is 0 Å². The molecule has 0 amide bonds. The second-order valence-electron chi connectivity index (χ2n) is 6.51. The molecule has 1 heterocycles. The highest BCUT2D eigenvalue weighted by atomic mass is 15.1. The smallest absolute Gasteiger partial charge is 0.0366 e. The molecular weight excluding hydrogens is 256 g/mol. The van der Waals surface area contributed by atoms with Crippen LogP contribution >= 0.6 is 0 Å². The van der Waals surface area contributed by atoms with Gasteiger partial charge in [0.15, 0.2) is 0 Å². The van der Waals surface area contributed by atoms with Crippen LogP contribution in [0.3, 0.4) is 0 Å². The van der Waals surface area contributed by atoms with E-state index in [1.165, 1.54) is 62.9 Å². The number of rotatable bonds is 5. The maximum absolute atomic E-state index is 3.75. The first kappa shape index (κ1) is 16.4. The van der Waals surface area contributed by atoms with E-state index in [0.717, 1.165) is 0 Å². The summed E-state index contributed by atoms with van der Waals surface area (Å²) in [5, 5.41) is 3.75. The van der Waals surface area contributed by atoms with E-state index in [1.807, 2.05) is 0 Å². The number of unbranched alkanes of at least 4 members (excludes halogenated alkanes) is 1. The molecule has 1 aliphatic heterocycles. The number of nitrogens with zero attached hydrogens (tertiary/aromatic N) is 1. The lowest BCUT2D eigenvalue weighted by Crippen LogP contribution is -2.44. The van der Waals surface area contributed by atoms with Crippen LogP contribution < -0.4 is 10.2 Å². The highest BCUT2D eigenvalue weighted by molar-refractivity contribution is 5.47. The largest absolute Gasteiger partial charge is 0.371 e. The van der Waals surface area contributed by atoms with Gasteiger partial charge in [-0.25, -0.2) is 0 Å². The van der Waals surface area contributed by atoms with Crippen molar-refractivity contribution in [1.29, 1.82) is 0 Å². The van der Waals surface area contributed by atoms with Gasteiger partial charge in [-0.15, -0.1) is 0 Å². The van der Waals surface area contributed by atoms with Gasteiger partial charge in [0, 0.05) is 30.9 Å². The summed E-state index contributed by atoms with van der Waals surface area (Å²) in [5.41, 5.74) is 2.88. The maximum Gasteiger partial charge on any atom is 0.0366 e. The van der Waals surface area contributed by atoms with Crippen molar-refractivity contribution >= 4 is 5.69 Å². The molecule has 1 saturated heterocycles. The number of anilines is 1. The molecule has 0 aliphatic carbocycles. The first-order valence-electron chi connectivity index (χ1n) is 8.82. The average Bonchev–Trinajstić information content (AvgIpc) is 2.50. The first-order chi connectivity index (χ1) is 10.2. The Kier molecular flexibility index (Phi) is 6.56. The quantitative estimate of drug-likeness (QED) is 0.864. The molecule has 2 heteroatoms. The Balaban J connectivity index is 1.98. The second kappa shape index (κ2) is 8.43. The number of benzene rings is 1. The van der Waals surface area contributed by atoms with E-state index >= 15 is 0 Å². The summed E-state index contributed by atoms with van der Waals surface area (Å²) in [7, 11) is 0. The van der Waals surface area contributed by atoms with Gasteiger partial charge in [-0.1, -0.05) is 32.4 Å². The lowest BCUT2D eigenvalue weighted by molar-refractivity contribution is 0.378. The van der Waals surface area contributed by atoms with Crippen molar-refractivity contribution in [2.45, 2.75) is 71.4 Å². The van der Waals surface area contributed by atoms with E-state index in [2.05, 4.69) is 55.3 Å². The Labute approximate surface area is 130 Å². The fourth-order valence-electron chi connectivity index (χ4n) is 3.18. The van der Waals surface area contributed by atoms with Crippen LogP contribution in [-0.4, -0.2) is 25.2 Å². The zero-order valence-corrected chi connectivity index (χ0v) is 14.1. The van der Waals surface area contributed by atoms with Gasteiger partial charge in [0.2, 0.25) is 0 Å². The van der Waals surface area contributed by atoms with Gasteiger partial charge in [0.25, 0.3) is 0 Å². The third kappa shape index (κ3) is 5.03. The Morgan fingerprint density at radius 1 is 1.10 bits per heavy atom. The lowest BCUT2D eigenvalue weighted by atomic mass is 10.0. The Bertz CT molecular complexity index is 399. The number of aryl methyl sites for hydroxylation is 1. The fraction of sp³-hybridized carbons (Fsp3) is 0.684. The monoisotopic (exact) mass is 288 g/mol. The molecule has 1 fully saturated rings. The van der Waals surface area contributed by atoms with Gasteiger partial charge < -0.3 is 10.2 Å². The molecule has 0 radical (unpaired) electrons. The van der Waals surface area contributed by atoms with Crippen molar-refractivity contribution in [3.8, 4) is 0 Å². The van der Waals surface area contributed by atoms with Crippen LogP contribution in [0.2, 0.25) is 0 Å². The third-order valence-corrected chi connectivity index (χ3v) is 4.71. The summed E-state index contributed by atoms with van der Waals surface area (Å²) >= 11 is 0. The highest BCUT2D eigenvalue weighted by Gasteiger charge is 2.17. The average molecular weight is 288 g/mol. The first-order valence-corrected chi connectivity index (χ1v) is 8.82. The van der Waals surface area contributed by atoms with Crippen molar-refractivity contribution in [2.75, 3.05) is 18.0 Å². The van der Waals surface area contributed by atoms with Crippen LogP contribution in [0, 0.1) is 0 Å². The molecule has 2 rings (SSSR count). The minimum atomic E-state index is 0.626. The van der Waals surface area contributed by atoms with E-state index in [0.29, 0.717) is 12.1 Å². The molecule has 1 aromatic carbocycles. The normalized spacial score (nSPS) is 23.7. The number of hydrogen-bond acceptors (Lipinski definition) is 2. The zero-order valence-electron chi connectivity index (χ0n) is 14.1. The molecule has 1 aliphatic rings. The SMILES string of the molecule is CCCCc1ccc(N2CCC(C)NC(CC)CC2)cc1. The van der Waals surface area contributed by atoms with Crippen molar-refractivity contribution in [1.82, 2.24) is 5.32 Å². The number of hydrogen-bond donors (Lipinski definition) is 1. The molecular formula is C19H32N2. The topological polar surface area (TPSA) is 15.3 Å². The van der Waals surface area contributed by atoms with E-state index in [-0.39, 0.29) is 0 Å². The van der Waals surface area contributed by atoms with E-state index < -0.39 is 0 Å². The van der Waals surface area contributed by atoms with Gasteiger partial charge in [0.05, 0.1) is 0 Å². The minimum absolute atomic E-state index is 0.626. The van der Waals surface area contributed by atoms with E-state index in [9.17, 15) is 0 Å². The molecule has 118 valence electrons. The summed E-state index contributed by atoms with van der Waals surface area (Å²) in [6.45, 7) is 9.21. The molecule has 1 aromatic rings. The van der Waals surface area contributed by atoms with Crippen LogP contribution in [0.15, 0.2) is 24.3 Å². The van der Waals surface area contributed by atoms with Crippen molar-refractivity contribution in [2.24, 2.45) is 0 Å². The van der Waals surface area contributed by atoms with Crippen LogP contribution in [0.25, 0.3) is 0 Å². The van der Waals surface area contributed by atoms with E-state index in [1.54, 1.807) is 0 Å². The molecule has 0 bridgehead atoms. The third-order valence-electron chi connectivity index (χ3n) is 4.71. The molecule has 0 spiro atoms. The fourth-order valence-corrected chi connectivity index (χ4v) is 3.18. The van der Waals surface area contributed by atoms with Crippen LogP contribution in [0.4, 0.5) is 5.69 Å². The predicted octanol–water partition coefficient (Wildman–Crippen LogP) is 4.39. The highest BCUT2D eigenvalue weighted by Crippen LogP contribution is 2.20. The summed E-state index contributed by atoms with van der Waals surface area (Å²) in [5.74, 6) is 0. The summed E-state index contributed by atoms with van der Waals surface area (Å²) in [4.78, 5) is 2.57. The van der Waals surface area contributed by atoms with Crippen LogP contribution in [-0.2, 0) is 6.42 Å². The van der Waals surface area contributed by atoms with Gasteiger partial charge in [-0.05, 0) is 56.7 Å². The molecule has 21 heavy (non-hydrogen) atoms. The van der Waals surface area contributed by atoms with E-state index in [4.69, 9.17) is 0 Å². The van der Waals surface area contributed by atoms with Gasteiger partial charge in [0.1, 0.15) is 0 Å². The van der Waals surface area contributed by atoms with Crippen molar-refractivity contribution in [3.05, 3.63) is 29.8 Å². The minimum Gasteiger partial charge on any atom is -0.371 e. The Morgan fingerprint density at radius 3 is 2.48 bits per heavy atom. The second-order valence-corrected chi connectivity index (χ2v) is 6.51. The molecule has 1 N–H and O–H groups in total. The molecule has 0 saturated carbocycles.